The SMILES string of the molecule is COc1ccc(S(=O)(=O)N2CCCCCC2)cc1C(=O)N1CCN(c2ccccc2O)CC1. The van der Waals surface area contributed by atoms with Crippen LogP contribution in [0.2, 0.25) is 0 Å². The van der Waals surface area contributed by atoms with E-state index in [0.717, 1.165) is 31.4 Å². The zero-order valence-electron chi connectivity index (χ0n) is 18.9. The number of carbonyl (C=O) groups excluding carboxylic acids is 1. The molecule has 0 aliphatic carbocycles. The fraction of sp³-hybridized carbons (Fsp3) is 0.458. The van der Waals surface area contributed by atoms with Crippen LogP contribution in [0.4, 0.5) is 5.69 Å². The molecule has 0 spiro atoms. The van der Waals surface area contributed by atoms with Crippen molar-refractivity contribution < 1.29 is 23.1 Å². The molecule has 2 heterocycles. The lowest BCUT2D eigenvalue weighted by Crippen LogP contribution is -2.48. The lowest BCUT2D eigenvalue weighted by Gasteiger charge is -2.36. The monoisotopic (exact) mass is 473 g/mol. The number of phenols is 1. The van der Waals surface area contributed by atoms with E-state index in [9.17, 15) is 18.3 Å². The minimum Gasteiger partial charge on any atom is -0.506 e. The van der Waals surface area contributed by atoms with E-state index in [-0.39, 0.29) is 22.1 Å². The maximum absolute atomic E-state index is 13.4. The molecule has 33 heavy (non-hydrogen) atoms. The standard InChI is InChI=1S/C24H31N3O5S/c1-32-23-11-10-19(33(30,31)27-12-6-2-3-7-13-27)18-20(23)24(29)26-16-14-25(15-17-26)21-8-4-5-9-22(21)28/h4-5,8-11,18,28H,2-3,6-7,12-17H2,1H3. The first kappa shape index (κ1) is 23.4. The van der Waals surface area contributed by atoms with Gasteiger partial charge in [0.15, 0.2) is 0 Å². The van der Waals surface area contributed by atoms with Gasteiger partial charge in [-0.2, -0.15) is 4.31 Å². The number of aromatic hydroxyl groups is 1. The first-order chi connectivity index (χ1) is 15.9. The maximum Gasteiger partial charge on any atom is 0.257 e. The predicted molar refractivity (Wildman–Crippen MR) is 126 cm³/mol. The molecule has 0 unspecified atom stereocenters. The van der Waals surface area contributed by atoms with Crippen LogP contribution in [0.15, 0.2) is 47.4 Å². The minimum atomic E-state index is -3.68. The summed E-state index contributed by atoms with van der Waals surface area (Å²) in [7, 11) is -2.20. The average Bonchev–Trinajstić information content (AvgIpc) is 3.14. The fourth-order valence-electron chi connectivity index (χ4n) is 4.50. The topological polar surface area (TPSA) is 90.4 Å². The van der Waals surface area contributed by atoms with Gasteiger partial charge >= 0.3 is 0 Å². The molecule has 4 rings (SSSR count). The number of benzene rings is 2. The molecule has 2 aromatic carbocycles. The third-order valence-corrected chi connectivity index (χ3v) is 8.29. The van der Waals surface area contributed by atoms with Gasteiger partial charge in [0.25, 0.3) is 5.91 Å². The van der Waals surface area contributed by atoms with Crippen LogP contribution in [0.5, 0.6) is 11.5 Å². The van der Waals surface area contributed by atoms with Crippen LogP contribution >= 0.6 is 0 Å². The van der Waals surface area contributed by atoms with Crippen molar-refractivity contribution in [1.82, 2.24) is 9.21 Å². The largest absolute Gasteiger partial charge is 0.506 e. The van der Waals surface area contributed by atoms with Crippen LogP contribution in [-0.2, 0) is 10.0 Å². The van der Waals surface area contributed by atoms with Crippen molar-refractivity contribution in [2.75, 3.05) is 51.3 Å². The van der Waals surface area contributed by atoms with Crippen LogP contribution in [0.25, 0.3) is 0 Å². The molecule has 2 saturated heterocycles. The summed E-state index contributed by atoms with van der Waals surface area (Å²) in [4.78, 5) is 17.2. The van der Waals surface area contributed by atoms with E-state index < -0.39 is 10.0 Å². The number of ether oxygens (including phenoxy) is 1. The lowest BCUT2D eigenvalue weighted by atomic mass is 10.1. The summed E-state index contributed by atoms with van der Waals surface area (Å²) < 4.78 is 33.4. The third-order valence-electron chi connectivity index (χ3n) is 6.39. The molecule has 0 bridgehead atoms. The number of hydrogen-bond donors (Lipinski definition) is 1. The van der Waals surface area contributed by atoms with Gasteiger partial charge in [-0.25, -0.2) is 8.42 Å². The van der Waals surface area contributed by atoms with Crippen molar-refractivity contribution in [1.29, 1.82) is 0 Å². The van der Waals surface area contributed by atoms with Crippen molar-refractivity contribution in [3.05, 3.63) is 48.0 Å². The van der Waals surface area contributed by atoms with Gasteiger partial charge in [0, 0.05) is 39.3 Å². The van der Waals surface area contributed by atoms with Gasteiger partial charge in [0.1, 0.15) is 11.5 Å². The zero-order valence-corrected chi connectivity index (χ0v) is 19.8. The number of amides is 1. The molecule has 1 amide bonds. The van der Waals surface area contributed by atoms with Gasteiger partial charge in [0.05, 0.1) is 23.3 Å². The highest BCUT2D eigenvalue weighted by atomic mass is 32.2. The number of hydrogen-bond acceptors (Lipinski definition) is 6. The number of piperazine rings is 1. The third kappa shape index (κ3) is 4.94. The van der Waals surface area contributed by atoms with E-state index >= 15 is 0 Å². The summed E-state index contributed by atoms with van der Waals surface area (Å²) in [6, 6.07) is 11.7. The number of nitrogens with zero attached hydrogens (tertiary/aromatic N) is 3. The smallest absolute Gasteiger partial charge is 0.257 e. The van der Waals surface area contributed by atoms with Crippen molar-refractivity contribution in [2.45, 2.75) is 30.6 Å². The molecule has 0 atom stereocenters. The van der Waals surface area contributed by atoms with Crippen molar-refractivity contribution in [3.63, 3.8) is 0 Å². The summed E-state index contributed by atoms with van der Waals surface area (Å²) in [6.07, 6.45) is 3.76. The molecule has 2 aromatic rings. The Morgan fingerprint density at radius 3 is 2.21 bits per heavy atom. The van der Waals surface area contributed by atoms with E-state index in [2.05, 4.69) is 0 Å². The molecule has 0 saturated carbocycles. The van der Waals surface area contributed by atoms with E-state index in [1.807, 2.05) is 17.0 Å². The Kier molecular flexibility index (Phi) is 7.09. The highest BCUT2D eigenvalue weighted by molar-refractivity contribution is 7.89. The van der Waals surface area contributed by atoms with Crippen LogP contribution in [0.3, 0.4) is 0 Å². The van der Waals surface area contributed by atoms with Gasteiger partial charge in [-0.15, -0.1) is 0 Å². The number of methoxy groups -OCH3 is 1. The number of carbonyl (C=O) groups is 1. The molecular formula is C24H31N3O5S. The summed E-state index contributed by atoms with van der Waals surface area (Å²) in [6.45, 7) is 3.06. The Bertz CT molecular complexity index is 1090. The van der Waals surface area contributed by atoms with Gasteiger partial charge in [0.2, 0.25) is 10.0 Å². The van der Waals surface area contributed by atoms with E-state index in [0.29, 0.717) is 45.0 Å². The summed E-state index contributed by atoms with van der Waals surface area (Å²) in [5.74, 6) is 0.319. The summed E-state index contributed by atoms with van der Waals surface area (Å²) >= 11 is 0. The molecule has 9 heteroatoms. The molecule has 1 N–H and O–H groups in total. The fourth-order valence-corrected chi connectivity index (χ4v) is 6.04. The van der Waals surface area contributed by atoms with Crippen molar-refractivity contribution in [3.8, 4) is 11.5 Å². The maximum atomic E-state index is 13.4. The predicted octanol–water partition coefficient (Wildman–Crippen LogP) is 2.93. The molecule has 2 fully saturated rings. The van der Waals surface area contributed by atoms with E-state index in [4.69, 9.17) is 4.74 Å². The minimum absolute atomic E-state index is 0.126. The second kappa shape index (κ2) is 10.0. The molecule has 8 nitrogen and oxygen atoms in total. The first-order valence-corrected chi connectivity index (χ1v) is 12.9. The normalized spacial score (nSPS) is 18.1. The Labute approximate surface area is 195 Å². The van der Waals surface area contributed by atoms with Gasteiger partial charge in [-0.3, -0.25) is 4.79 Å². The zero-order chi connectivity index (χ0) is 23.4. The molecule has 2 aliphatic rings. The molecule has 0 aromatic heterocycles. The second-order valence-electron chi connectivity index (χ2n) is 8.45. The van der Waals surface area contributed by atoms with Crippen LogP contribution in [-0.4, -0.2) is 75.0 Å². The Hall–Kier alpha value is -2.78. The van der Waals surface area contributed by atoms with Crippen LogP contribution < -0.4 is 9.64 Å². The Balaban J connectivity index is 1.53. The van der Waals surface area contributed by atoms with Crippen molar-refractivity contribution in [2.24, 2.45) is 0 Å². The Morgan fingerprint density at radius 2 is 1.58 bits per heavy atom. The van der Waals surface area contributed by atoms with E-state index in [1.165, 1.54) is 23.5 Å². The number of phenolic OH excluding ortho intramolecular Hbond substituents is 1. The van der Waals surface area contributed by atoms with Gasteiger partial charge in [-0.05, 0) is 43.2 Å². The van der Waals surface area contributed by atoms with Crippen LogP contribution in [0.1, 0.15) is 36.0 Å². The molecule has 2 aliphatic heterocycles. The lowest BCUT2D eigenvalue weighted by molar-refractivity contribution is 0.0743. The van der Waals surface area contributed by atoms with E-state index in [1.54, 1.807) is 23.1 Å². The Morgan fingerprint density at radius 1 is 0.909 bits per heavy atom. The summed E-state index contributed by atoms with van der Waals surface area (Å²) in [5.41, 5.74) is 0.997. The highest BCUT2D eigenvalue weighted by Crippen LogP contribution is 2.30. The first-order valence-electron chi connectivity index (χ1n) is 11.4. The average molecular weight is 474 g/mol. The van der Waals surface area contributed by atoms with Gasteiger partial charge < -0.3 is 19.6 Å². The number of para-hydroxylation sites is 2. The number of sulfonamides is 1. The van der Waals surface area contributed by atoms with Crippen molar-refractivity contribution >= 4 is 21.6 Å². The quantitative estimate of drug-likeness (QED) is 0.718. The molecular weight excluding hydrogens is 442 g/mol. The molecule has 0 radical (unpaired) electrons. The highest BCUT2D eigenvalue weighted by Gasteiger charge is 2.29. The van der Waals surface area contributed by atoms with Gasteiger partial charge in [-0.1, -0.05) is 25.0 Å². The molecule has 178 valence electrons. The number of rotatable bonds is 5. The number of anilines is 1. The van der Waals surface area contributed by atoms with Crippen LogP contribution in [0, 0.1) is 0 Å². The summed E-state index contributed by atoms with van der Waals surface area (Å²) in [5, 5.41) is 10.1. The second-order valence-corrected chi connectivity index (χ2v) is 10.4.